The van der Waals surface area contributed by atoms with Crippen molar-refractivity contribution >= 4 is 57.7 Å². The molecule has 19 heteroatoms. The predicted molar refractivity (Wildman–Crippen MR) is 234 cm³/mol. The first-order chi connectivity index (χ1) is 30.0. The number of amides is 4. The molecule has 1 aliphatic rings. The molecule has 1 saturated heterocycles. The van der Waals surface area contributed by atoms with Crippen LogP contribution in [0.1, 0.15) is 106 Å². The summed E-state index contributed by atoms with van der Waals surface area (Å²) >= 11 is 0. The van der Waals surface area contributed by atoms with Crippen molar-refractivity contribution in [3.8, 4) is 5.75 Å². The molecule has 7 rings (SSSR count). The maximum absolute atomic E-state index is 13.9. The summed E-state index contributed by atoms with van der Waals surface area (Å²) in [5.41, 5.74) is 15.8. The highest BCUT2D eigenvalue weighted by Crippen LogP contribution is 2.32. The quantitative estimate of drug-likeness (QED) is 0.0651. The number of anilines is 2. The molecule has 6 heterocycles. The van der Waals surface area contributed by atoms with Crippen molar-refractivity contribution in [1.82, 2.24) is 48.5 Å². The van der Waals surface area contributed by atoms with Crippen LogP contribution in [0, 0.1) is 0 Å². The number of rotatable bonds is 19. The third-order valence-corrected chi connectivity index (χ3v) is 10.9. The molecule has 4 amide bonds. The van der Waals surface area contributed by atoms with Crippen LogP contribution < -0.4 is 26.8 Å². The Morgan fingerprint density at radius 1 is 0.726 bits per heavy atom. The molecule has 1 aliphatic heterocycles. The van der Waals surface area contributed by atoms with E-state index in [9.17, 15) is 19.2 Å². The van der Waals surface area contributed by atoms with Crippen LogP contribution in [0.25, 0.3) is 22.2 Å². The van der Waals surface area contributed by atoms with Gasteiger partial charge in [0, 0.05) is 44.5 Å². The van der Waals surface area contributed by atoms with Crippen LogP contribution in [-0.4, -0.2) is 98.4 Å². The lowest BCUT2D eigenvalue weighted by molar-refractivity contribution is 0.0991. The Balaban J connectivity index is 1.23. The molecule has 62 heavy (non-hydrogen) atoms. The van der Waals surface area contributed by atoms with Crippen LogP contribution in [0.5, 0.6) is 5.75 Å². The fourth-order valence-electron chi connectivity index (χ4n) is 7.65. The first-order valence-corrected chi connectivity index (χ1v) is 21.3. The second-order valence-corrected chi connectivity index (χ2v) is 15.1. The van der Waals surface area contributed by atoms with Crippen molar-refractivity contribution in [1.29, 1.82) is 0 Å². The van der Waals surface area contributed by atoms with E-state index in [4.69, 9.17) is 21.2 Å². The van der Waals surface area contributed by atoms with Gasteiger partial charge in [0.1, 0.15) is 28.2 Å². The standard InChI is InChI=1S/C43H54N14O5/c1-5-29-24-33(56(7-3)51-29)40(60)49-42-47-31-21-27(37(44)58)23-35(62-20-14-17-53-15-10-9-11-16-53)36(31)54(42)18-12-13-19-55-39-32(22-28(26-46-39)38(45)59)48-43(55)50-41(61)34-25-30(6-2)52-57(34)8-4/h12-13,21-26H,5-11,14-20H2,1-4H3,(H2,44,58)(H2,45,59)(H,47,49,60)(H,48,50,61)/b13-12+. The highest BCUT2D eigenvalue weighted by molar-refractivity contribution is 6.05. The van der Waals surface area contributed by atoms with Crippen molar-refractivity contribution in [3.63, 3.8) is 0 Å². The van der Waals surface area contributed by atoms with Gasteiger partial charge in [-0.1, -0.05) is 32.4 Å². The molecule has 0 atom stereocenters. The summed E-state index contributed by atoms with van der Waals surface area (Å²) in [4.78, 5) is 68.5. The normalized spacial score (nSPS) is 13.4. The molecule has 0 bridgehead atoms. The molecule has 0 spiro atoms. The van der Waals surface area contributed by atoms with Gasteiger partial charge in [-0.05, 0) is 89.4 Å². The maximum atomic E-state index is 13.9. The molecule has 0 unspecified atom stereocenters. The molecule has 1 aromatic carbocycles. The topological polar surface area (TPSA) is 241 Å². The van der Waals surface area contributed by atoms with E-state index >= 15 is 0 Å². The molecule has 6 N–H and O–H groups in total. The second-order valence-electron chi connectivity index (χ2n) is 15.1. The van der Waals surface area contributed by atoms with Gasteiger partial charge in [-0.3, -0.25) is 43.7 Å². The number of allylic oxidation sites excluding steroid dienone is 2. The number of hydrogen-bond acceptors (Lipinski definition) is 11. The van der Waals surface area contributed by atoms with E-state index in [0.29, 0.717) is 71.9 Å². The lowest BCUT2D eigenvalue weighted by Gasteiger charge is -2.26. The summed E-state index contributed by atoms with van der Waals surface area (Å²) in [5, 5.41) is 15.0. The summed E-state index contributed by atoms with van der Waals surface area (Å²) in [6, 6.07) is 8.25. The number of likely N-dealkylation sites (tertiary alicyclic amines) is 1. The summed E-state index contributed by atoms with van der Waals surface area (Å²) in [7, 11) is 0. The number of carbonyl (C=O) groups excluding carboxylic acids is 4. The fraction of sp³-hybridized carbons (Fsp3) is 0.419. The first-order valence-electron chi connectivity index (χ1n) is 21.3. The van der Waals surface area contributed by atoms with Gasteiger partial charge in [-0.15, -0.1) is 0 Å². The summed E-state index contributed by atoms with van der Waals surface area (Å²) in [6.45, 7) is 12.5. The van der Waals surface area contributed by atoms with Crippen LogP contribution in [0.15, 0.2) is 48.7 Å². The Morgan fingerprint density at radius 3 is 1.87 bits per heavy atom. The highest BCUT2D eigenvalue weighted by atomic mass is 16.5. The summed E-state index contributed by atoms with van der Waals surface area (Å²) < 4.78 is 13.2. The van der Waals surface area contributed by atoms with E-state index in [0.717, 1.165) is 37.4 Å². The Morgan fingerprint density at radius 2 is 1.29 bits per heavy atom. The first kappa shape index (κ1) is 43.2. The Bertz CT molecular complexity index is 2640. The van der Waals surface area contributed by atoms with Crippen molar-refractivity contribution < 1.29 is 23.9 Å². The molecule has 0 aliphatic carbocycles. The molecule has 5 aromatic heterocycles. The minimum Gasteiger partial charge on any atom is -0.491 e. The highest BCUT2D eigenvalue weighted by Gasteiger charge is 2.23. The number of pyridine rings is 1. The average Bonchev–Trinajstić information content (AvgIpc) is 4.06. The second kappa shape index (κ2) is 19.2. The number of aromatic nitrogens is 9. The Kier molecular flexibility index (Phi) is 13.4. The number of benzene rings is 1. The zero-order valence-corrected chi connectivity index (χ0v) is 35.7. The van der Waals surface area contributed by atoms with Crippen LogP contribution in [0.4, 0.5) is 11.9 Å². The maximum Gasteiger partial charge on any atom is 0.276 e. The van der Waals surface area contributed by atoms with Gasteiger partial charge in [-0.25, -0.2) is 15.0 Å². The van der Waals surface area contributed by atoms with E-state index in [1.54, 1.807) is 38.2 Å². The van der Waals surface area contributed by atoms with Gasteiger partial charge in [0.05, 0.1) is 29.1 Å². The summed E-state index contributed by atoms with van der Waals surface area (Å²) in [5.74, 6) is -1.29. The van der Waals surface area contributed by atoms with Crippen molar-refractivity contribution in [2.75, 3.05) is 36.9 Å². The molecule has 0 saturated carbocycles. The van der Waals surface area contributed by atoms with Crippen molar-refractivity contribution in [3.05, 3.63) is 82.6 Å². The third kappa shape index (κ3) is 9.36. The minimum absolute atomic E-state index is 0.172. The number of imidazole rings is 2. The monoisotopic (exact) mass is 846 g/mol. The van der Waals surface area contributed by atoms with Crippen molar-refractivity contribution in [2.24, 2.45) is 11.5 Å². The zero-order valence-electron chi connectivity index (χ0n) is 35.7. The largest absolute Gasteiger partial charge is 0.491 e. The lowest BCUT2D eigenvalue weighted by atomic mass is 10.1. The van der Waals surface area contributed by atoms with Crippen LogP contribution in [0.3, 0.4) is 0 Å². The molecular weight excluding hydrogens is 793 g/mol. The minimum atomic E-state index is -0.660. The fourth-order valence-corrected chi connectivity index (χ4v) is 7.65. The van der Waals surface area contributed by atoms with E-state index in [1.165, 1.54) is 31.5 Å². The van der Waals surface area contributed by atoms with Crippen LogP contribution in [0.2, 0.25) is 0 Å². The lowest BCUT2D eigenvalue weighted by Crippen LogP contribution is -2.31. The van der Waals surface area contributed by atoms with Gasteiger partial charge in [-0.2, -0.15) is 10.2 Å². The molecule has 0 radical (unpaired) electrons. The number of nitrogens with two attached hydrogens (primary N) is 2. The van der Waals surface area contributed by atoms with Gasteiger partial charge in [0.15, 0.2) is 5.65 Å². The number of piperidine rings is 1. The van der Waals surface area contributed by atoms with Crippen LogP contribution in [-0.2, 0) is 39.0 Å². The summed E-state index contributed by atoms with van der Waals surface area (Å²) in [6.07, 6.45) is 10.8. The van der Waals surface area contributed by atoms with E-state index in [1.807, 2.05) is 44.4 Å². The number of primary amides is 2. The van der Waals surface area contributed by atoms with Gasteiger partial charge in [0.25, 0.3) is 11.8 Å². The van der Waals surface area contributed by atoms with E-state index in [-0.39, 0.29) is 36.1 Å². The SMILES string of the molecule is CCc1cc(C(=O)Nc2nc3cc(C(N)=O)cnc3n2C/C=C/Cn2c(NC(=O)c3cc(CC)nn3CC)nc3cc(C(N)=O)cc(OCCCN4CCCCC4)c32)n(CC)n1. The van der Waals surface area contributed by atoms with Crippen molar-refractivity contribution in [2.45, 2.75) is 92.4 Å². The molecule has 326 valence electrons. The van der Waals surface area contributed by atoms with Gasteiger partial charge >= 0.3 is 0 Å². The number of aryl methyl sites for hydroxylation is 4. The Labute approximate surface area is 358 Å². The van der Waals surface area contributed by atoms with Crippen LogP contribution >= 0.6 is 0 Å². The number of ether oxygens (including phenoxy) is 1. The van der Waals surface area contributed by atoms with Gasteiger partial charge < -0.3 is 25.7 Å². The number of nitrogens with one attached hydrogen (secondary N) is 2. The average molecular weight is 847 g/mol. The molecule has 6 aromatic rings. The number of fused-ring (bicyclic) bond motifs is 2. The number of nitrogens with zero attached hydrogens (tertiary/aromatic N) is 10. The zero-order chi connectivity index (χ0) is 43.9. The molecule has 1 fully saturated rings. The molecular formula is C43H54N14O5. The third-order valence-electron chi connectivity index (χ3n) is 10.9. The van der Waals surface area contributed by atoms with E-state index in [2.05, 4.69) is 35.7 Å². The predicted octanol–water partition coefficient (Wildman–Crippen LogP) is 4.55. The van der Waals surface area contributed by atoms with Gasteiger partial charge in [0.2, 0.25) is 23.7 Å². The smallest absolute Gasteiger partial charge is 0.276 e. The number of hydrogen-bond donors (Lipinski definition) is 4. The van der Waals surface area contributed by atoms with E-state index < -0.39 is 23.6 Å². The number of carbonyl (C=O) groups is 4. The Hall–Kier alpha value is -6.89. The molecule has 19 nitrogen and oxygen atoms in total.